The standard InChI is InChI=1S/C7H13N4O4PS/c12-4(8-3-17)1-5(13)9-10-6(14)2-7(15)11-16/h17H,1-3,16H2,(H,8,12)(H,9,13)(H,10,14)(H,11,15). The minimum atomic E-state index is -0.691. The van der Waals surface area contributed by atoms with E-state index in [0.29, 0.717) is 0 Å². The zero-order chi connectivity index (χ0) is 13.3. The molecule has 0 aromatic carbocycles. The first kappa shape index (κ1) is 15.7. The van der Waals surface area contributed by atoms with E-state index >= 15 is 0 Å². The second-order valence-corrected chi connectivity index (χ2v) is 3.38. The SMILES string of the molecule is O=C(CC(=O)NNC(=O)CC(=O)NCS)NP. The van der Waals surface area contributed by atoms with Crippen LogP contribution < -0.4 is 21.3 Å². The highest BCUT2D eigenvalue weighted by molar-refractivity contribution is 7.80. The van der Waals surface area contributed by atoms with Crippen LogP contribution in [0.1, 0.15) is 12.8 Å². The molecule has 0 aliphatic carbocycles. The van der Waals surface area contributed by atoms with Gasteiger partial charge < -0.3 is 10.4 Å². The first-order valence-electron chi connectivity index (χ1n) is 4.44. The molecule has 0 aromatic rings. The Morgan fingerprint density at radius 3 is 1.76 bits per heavy atom. The van der Waals surface area contributed by atoms with E-state index < -0.39 is 36.5 Å². The lowest BCUT2D eigenvalue weighted by Gasteiger charge is -2.06. The fourth-order valence-electron chi connectivity index (χ4n) is 0.721. The molecule has 1 atom stereocenters. The maximum Gasteiger partial charge on any atom is 0.247 e. The molecule has 10 heteroatoms. The molecule has 0 aliphatic rings. The van der Waals surface area contributed by atoms with Gasteiger partial charge in [-0.1, -0.05) is 0 Å². The third-order valence-corrected chi connectivity index (χ3v) is 1.90. The molecule has 0 aromatic heterocycles. The van der Waals surface area contributed by atoms with Gasteiger partial charge in [-0.3, -0.25) is 30.0 Å². The predicted octanol–water partition coefficient (Wildman–Crippen LogP) is -2.18. The molecule has 8 nitrogen and oxygen atoms in total. The summed E-state index contributed by atoms with van der Waals surface area (Å²) >= 11 is 3.74. The van der Waals surface area contributed by atoms with Gasteiger partial charge in [-0.15, -0.1) is 0 Å². The first-order chi connectivity index (χ1) is 7.99. The van der Waals surface area contributed by atoms with E-state index in [1.165, 1.54) is 0 Å². The van der Waals surface area contributed by atoms with Crippen molar-refractivity contribution in [2.24, 2.45) is 0 Å². The van der Waals surface area contributed by atoms with Crippen LogP contribution in [0.2, 0.25) is 0 Å². The third-order valence-electron chi connectivity index (χ3n) is 1.42. The lowest BCUT2D eigenvalue weighted by atomic mass is 10.4. The van der Waals surface area contributed by atoms with E-state index in [4.69, 9.17) is 0 Å². The number of nitrogens with one attached hydrogen (secondary N) is 4. The van der Waals surface area contributed by atoms with Crippen LogP contribution in [0.25, 0.3) is 0 Å². The van der Waals surface area contributed by atoms with Crippen LogP contribution in [0.15, 0.2) is 0 Å². The predicted molar refractivity (Wildman–Crippen MR) is 65.4 cm³/mol. The van der Waals surface area contributed by atoms with Gasteiger partial charge in [0.25, 0.3) is 0 Å². The summed E-state index contributed by atoms with van der Waals surface area (Å²) in [6, 6.07) is 0. The monoisotopic (exact) mass is 280 g/mol. The fourth-order valence-corrected chi connectivity index (χ4v) is 1.000. The van der Waals surface area contributed by atoms with E-state index in [0.717, 1.165) is 0 Å². The Bertz CT molecular complexity index is 325. The molecule has 0 saturated carbocycles. The van der Waals surface area contributed by atoms with Crippen LogP contribution in [0, 0.1) is 0 Å². The zero-order valence-corrected chi connectivity index (χ0v) is 10.8. The highest BCUT2D eigenvalue weighted by Crippen LogP contribution is 1.83. The number of carbonyl (C=O) groups is 4. The third kappa shape index (κ3) is 8.47. The van der Waals surface area contributed by atoms with Gasteiger partial charge in [0.2, 0.25) is 23.6 Å². The van der Waals surface area contributed by atoms with Crippen LogP contribution in [0.4, 0.5) is 0 Å². The lowest BCUT2D eigenvalue weighted by Crippen LogP contribution is -2.44. The number of amides is 4. The number of hydrazine groups is 1. The molecule has 0 spiro atoms. The molecule has 0 bridgehead atoms. The van der Waals surface area contributed by atoms with E-state index in [1.807, 2.05) is 20.2 Å². The molecule has 4 amide bonds. The van der Waals surface area contributed by atoms with E-state index in [9.17, 15) is 19.2 Å². The van der Waals surface area contributed by atoms with E-state index in [2.05, 4.69) is 23.0 Å². The lowest BCUT2D eigenvalue weighted by molar-refractivity contribution is -0.135. The number of thiol groups is 1. The van der Waals surface area contributed by atoms with Crippen molar-refractivity contribution < 1.29 is 19.2 Å². The van der Waals surface area contributed by atoms with Crippen molar-refractivity contribution in [1.29, 1.82) is 0 Å². The largest absolute Gasteiger partial charge is 0.347 e. The summed E-state index contributed by atoms with van der Waals surface area (Å²) in [5, 5.41) is 4.45. The van der Waals surface area contributed by atoms with Crippen molar-refractivity contribution in [2.45, 2.75) is 12.8 Å². The Kier molecular flexibility index (Phi) is 8.08. The molecule has 96 valence electrons. The molecule has 4 N–H and O–H groups in total. The quantitative estimate of drug-likeness (QED) is 0.129. The summed E-state index contributed by atoms with van der Waals surface area (Å²) in [6.45, 7) is 0. The van der Waals surface area contributed by atoms with Gasteiger partial charge in [0.05, 0.1) is 5.88 Å². The van der Waals surface area contributed by atoms with Crippen LogP contribution in [0.3, 0.4) is 0 Å². The number of carbonyl (C=O) groups excluding carboxylic acids is 4. The number of hydrogen-bond acceptors (Lipinski definition) is 5. The molecule has 1 unspecified atom stereocenters. The van der Waals surface area contributed by atoms with Gasteiger partial charge in [-0.05, 0) is 9.39 Å². The van der Waals surface area contributed by atoms with Crippen molar-refractivity contribution in [1.82, 2.24) is 21.3 Å². The van der Waals surface area contributed by atoms with Gasteiger partial charge in [0.1, 0.15) is 12.8 Å². The molecule has 0 heterocycles. The zero-order valence-electron chi connectivity index (χ0n) is 8.78. The average molecular weight is 280 g/mol. The Morgan fingerprint density at radius 1 is 0.882 bits per heavy atom. The number of hydrogen-bond donors (Lipinski definition) is 5. The summed E-state index contributed by atoms with van der Waals surface area (Å²) in [7, 11) is 1.95. The maximum absolute atomic E-state index is 11.1. The van der Waals surface area contributed by atoms with Crippen molar-refractivity contribution in [3.05, 3.63) is 0 Å². The van der Waals surface area contributed by atoms with Crippen molar-refractivity contribution in [2.75, 3.05) is 5.88 Å². The van der Waals surface area contributed by atoms with Crippen molar-refractivity contribution >= 4 is 45.6 Å². The van der Waals surface area contributed by atoms with Gasteiger partial charge in [0.15, 0.2) is 0 Å². The maximum atomic E-state index is 11.1. The smallest absolute Gasteiger partial charge is 0.247 e. The second-order valence-electron chi connectivity index (χ2n) is 2.78. The molecular weight excluding hydrogens is 267 g/mol. The van der Waals surface area contributed by atoms with Crippen molar-refractivity contribution in [3.8, 4) is 0 Å². The van der Waals surface area contributed by atoms with E-state index in [-0.39, 0.29) is 5.88 Å². The molecule has 0 fully saturated rings. The van der Waals surface area contributed by atoms with Gasteiger partial charge >= 0.3 is 0 Å². The van der Waals surface area contributed by atoms with Crippen molar-refractivity contribution in [3.63, 3.8) is 0 Å². The van der Waals surface area contributed by atoms with Crippen LogP contribution in [-0.4, -0.2) is 29.5 Å². The Morgan fingerprint density at radius 2 is 1.35 bits per heavy atom. The highest BCUT2D eigenvalue weighted by Gasteiger charge is 2.11. The fraction of sp³-hybridized carbons (Fsp3) is 0.429. The first-order valence-corrected chi connectivity index (χ1v) is 5.65. The van der Waals surface area contributed by atoms with Crippen LogP contribution >= 0.6 is 22.0 Å². The summed E-state index contributed by atoms with van der Waals surface area (Å²) in [6.07, 6.45) is -0.858. The average Bonchev–Trinajstić information content (AvgIpc) is 2.26. The topological polar surface area (TPSA) is 116 Å². The number of rotatable bonds is 5. The summed E-state index contributed by atoms with van der Waals surface area (Å²) in [4.78, 5) is 43.8. The van der Waals surface area contributed by atoms with Gasteiger partial charge in [-0.2, -0.15) is 12.6 Å². The molecule has 0 rings (SSSR count). The van der Waals surface area contributed by atoms with Gasteiger partial charge in [0, 0.05) is 0 Å². The summed E-state index contributed by atoms with van der Waals surface area (Å²) in [5.41, 5.74) is 3.98. The highest BCUT2D eigenvalue weighted by atomic mass is 32.1. The minimum Gasteiger partial charge on any atom is -0.347 e. The van der Waals surface area contributed by atoms with E-state index in [1.54, 1.807) is 0 Å². The second kappa shape index (κ2) is 8.77. The summed E-state index contributed by atoms with van der Waals surface area (Å²) < 4.78 is 0. The van der Waals surface area contributed by atoms with Crippen LogP contribution in [0.5, 0.6) is 0 Å². The molecular formula is C7H13N4O4PS. The summed E-state index contributed by atoms with van der Waals surface area (Å²) in [5.74, 6) is -2.30. The Labute approximate surface area is 105 Å². The molecule has 0 aliphatic heterocycles. The Balaban J connectivity index is 3.80. The normalized spacial score (nSPS) is 9.06. The Hall–Kier alpha value is -1.34. The van der Waals surface area contributed by atoms with Crippen LogP contribution in [-0.2, 0) is 19.2 Å². The molecule has 17 heavy (non-hydrogen) atoms. The van der Waals surface area contributed by atoms with Gasteiger partial charge in [-0.25, -0.2) is 0 Å². The molecule has 0 radical (unpaired) electrons. The molecule has 0 saturated heterocycles. The minimum absolute atomic E-state index is 0.118.